The Hall–Kier alpha value is -3.27. The monoisotopic (exact) mass is 444 g/mol. The Kier molecular flexibility index (Phi) is 5.69. The number of rotatable bonds is 6. The number of pyridine rings is 1. The fraction of sp³-hybridized carbons (Fsp3) is 0.167. The van der Waals surface area contributed by atoms with Crippen molar-refractivity contribution >= 4 is 50.4 Å². The molecule has 28 heavy (non-hydrogen) atoms. The zero-order chi connectivity index (χ0) is 20.3. The number of fused-ring (bicyclic) bond motifs is 1. The molecule has 0 saturated heterocycles. The van der Waals surface area contributed by atoms with Crippen LogP contribution in [-0.4, -0.2) is 38.5 Å². The fourth-order valence-electron chi connectivity index (χ4n) is 2.63. The molecule has 0 saturated carbocycles. The van der Waals surface area contributed by atoms with Crippen LogP contribution in [0.15, 0.2) is 47.1 Å². The zero-order valence-electron chi connectivity index (χ0n) is 14.8. The number of para-hydroxylation sites is 1. The SMILES string of the molecule is C[C@H](NC(=O)Cn1nc(C(N)=O)c2ccccc21)C(=O)Nc1cccc(Br)n1. The van der Waals surface area contributed by atoms with E-state index in [-0.39, 0.29) is 12.2 Å². The third-order valence-corrected chi connectivity index (χ3v) is 4.36. The van der Waals surface area contributed by atoms with Gasteiger partial charge in [0.2, 0.25) is 11.8 Å². The summed E-state index contributed by atoms with van der Waals surface area (Å²) in [6, 6.07) is 11.3. The van der Waals surface area contributed by atoms with Crippen LogP contribution in [0.3, 0.4) is 0 Å². The van der Waals surface area contributed by atoms with Gasteiger partial charge in [0.25, 0.3) is 5.91 Å². The van der Waals surface area contributed by atoms with E-state index < -0.39 is 23.8 Å². The third kappa shape index (κ3) is 4.34. The Balaban J connectivity index is 1.68. The zero-order valence-corrected chi connectivity index (χ0v) is 16.4. The summed E-state index contributed by atoms with van der Waals surface area (Å²) in [5, 5.41) is 9.91. The molecule has 0 aliphatic rings. The molecule has 0 spiro atoms. The molecule has 2 aromatic heterocycles. The predicted molar refractivity (Wildman–Crippen MR) is 106 cm³/mol. The number of hydrogen-bond donors (Lipinski definition) is 3. The maximum atomic E-state index is 12.4. The first-order chi connectivity index (χ1) is 13.3. The molecule has 0 fully saturated rings. The number of anilines is 1. The number of primary amides is 1. The van der Waals surface area contributed by atoms with Gasteiger partial charge in [-0.1, -0.05) is 24.3 Å². The van der Waals surface area contributed by atoms with E-state index >= 15 is 0 Å². The summed E-state index contributed by atoms with van der Waals surface area (Å²) in [6.07, 6.45) is 0. The Bertz CT molecular complexity index is 1060. The van der Waals surface area contributed by atoms with Crippen LogP contribution in [0.2, 0.25) is 0 Å². The number of amides is 3. The molecular weight excluding hydrogens is 428 g/mol. The topological polar surface area (TPSA) is 132 Å². The minimum Gasteiger partial charge on any atom is -0.364 e. The summed E-state index contributed by atoms with van der Waals surface area (Å²) in [7, 11) is 0. The van der Waals surface area contributed by atoms with Gasteiger partial charge in [0, 0.05) is 5.39 Å². The lowest BCUT2D eigenvalue weighted by Gasteiger charge is -2.14. The standard InChI is InChI=1S/C18H17BrN6O3/c1-10(18(28)23-14-8-4-7-13(19)22-14)21-15(26)9-25-12-6-3-2-5-11(12)16(24-25)17(20)27/h2-8,10H,9H2,1H3,(H2,20,27)(H,21,26)(H,22,23,28)/t10-/m0/s1. The Morgan fingerprint density at radius 3 is 2.64 bits per heavy atom. The van der Waals surface area contributed by atoms with Crippen molar-refractivity contribution in [3.63, 3.8) is 0 Å². The van der Waals surface area contributed by atoms with Gasteiger partial charge >= 0.3 is 0 Å². The second kappa shape index (κ2) is 8.17. The van der Waals surface area contributed by atoms with Crippen molar-refractivity contribution < 1.29 is 14.4 Å². The Labute approximate surface area is 168 Å². The number of benzene rings is 1. The summed E-state index contributed by atoms with van der Waals surface area (Å²) < 4.78 is 1.96. The van der Waals surface area contributed by atoms with Gasteiger partial charge in [0.15, 0.2) is 5.69 Å². The second-order valence-corrected chi connectivity index (χ2v) is 6.82. The van der Waals surface area contributed by atoms with Crippen LogP contribution >= 0.6 is 15.9 Å². The van der Waals surface area contributed by atoms with Crippen molar-refractivity contribution in [2.75, 3.05) is 5.32 Å². The van der Waals surface area contributed by atoms with Crippen molar-refractivity contribution in [1.29, 1.82) is 0 Å². The van der Waals surface area contributed by atoms with E-state index in [0.717, 1.165) is 0 Å². The van der Waals surface area contributed by atoms with Crippen molar-refractivity contribution in [3.8, 4) is 0 Å². The first-order valence-corrected chi connectivity index (χ1v) is 9.12. The number of aromatic nitrogens is 3. The Morgan fingerprint density at radius 1 is 1.18 bits per heavy atom. The molecular formula is C18H17BrN6O3. The van der Waals surface area contributed by atoms with Crippen molar-refractivity contribution in [2.24, 2.45) is 5.73 Å². The lowest BCUT2D eigenvalue weighted by molar-refractivity contribution is -0.126. The van der Waals surface area contributed by atoms with Gasteiger partial charge in [-0.2, -0.15) is 5.10 Å². The van der Waals surface area contributed by atoms with Crippen LogP contribution in [0.1, 0.15) is 17.4 Å². The van der Waals surface area contributed by atoms with Crippen LogP contribution in [0, 0.1) is 0 Å². The third-order valence-electron chi connectivity index (χ3n) is 3.92. The predicted octanol–water partition coefficient (Wildman–Crippen LogP) is 1.44. The fourth-order valence-corrected chi connectivity index (χ4v) is 2.97. The summed E-state index contributed by atoms with van der Waals surface area (Å²) >= 11 is 3.22. The number of nitrogens with zero attached hydrogens (tertiary/aromatic N) is 3. The molecule has 2 heterocycles. The molecule has 1 aromatic carbocycles. The molecule has 0 unspecified atom stereocenters. The molecule has 1 atom stereocenters. The highest BCUT2D eigenvalue weighted by atomic mass is 79.9. The van der Waals surface area contributed by atoms with Crippen LogP contribution in [0.5, 0.6) is 0 Å². The molecule has 0 radical (unpaired) electrons. The number of nitrogens with two attached hydrogens (primary N) is 1. The van der Waals surface area contributed by atoms with E-state index in [1.807, 2.05) is 0 Å². The van der Waals surface area contributed by atoms with Crippen LogP contribution in [-0.2, 0) is 16.1 Å². The molecule has 0 aliphatic carbocycles. The summed E-state index contributed by atoms with van der Waals surface area (Å²) in [4.78, 5) is 40.3. The van der Waals surface area contributed by atoms with E-state index in [1.54, 1.807) is 49.4 Å². The summed E-state index contributed by atoms with van der Waals surface area (Å²) in [5.41, 5.74) is 6.04. The molecule has 3 rings (SSSR count). The number of carbonyl (C=O) groups excluding carboxylic acids is 3. The van der Waals surface area contributed by atoms with Crippen LogP contribution in [0.25, 0.3) is 10.9 Å². The molecule has 9 nitrogen and oxygen atoms in total. The highest BCUT2D eigenvalue weighted by molar-refractivity contribution is 9.10. The van der Waals surface area contributed by atoms with Crippen LogP contribution in [0.4, 0.5) is 5.82 Å². The molecule has 10 heteroatoms. The second-order valence-electron chi connectivity index (χ2n) is 6.01. The highest BCUT2D eigenvalue weighted by Gasteiger charge is 2.19. The summed E-state index contributed by atoms with van der Waals surface area (Å²) in [5.74, 6) is -1.16. The van der Waals surface area contributed by atoms with E-state index in [4.69, 9.17) is 5.73 Å². The molecule has 144 valence electrons. The molecule has 0 bridgehead atoms. The van der Waals surface area contributed by atoms with E-state index in [9.17, 15) is 14.4 Å². The lowest BCUT2D eigenvalue weighted by atomic mass is 10.2. The van der Waals surface area contributed by atoms with Crippen molar-refractivity contribution in [1.82, 2.24) is 20.1 Å². The molecule has 0 aliphatic heterocycles. The van der Waals surface area contributed by atoms with Gasteiger partial charge in [0.05, 0.1) is 5.52 Å². The summed E-state index contributed by atoms with van der Waals surface area (Å²) in [6.45, 7) is 1.39. The molecule has 3 aromatic rings. The lowest BCUT2D eigenvalue weighted by Crippen LogP contribution is -2.43. The maximum Gasteiger partial charge on any atom is 0.269 e. The normalized spacial score (nSPS) is 11.8. The first-order valence-electron chi connectivity index (χ1n) is 8.33. The number of nitrogens with one attached hydrogen (secondary N) is 2. The van der Waals surface area contributed by atoms with Gasteiger partial charge in [-0.15, -0.1) is 0 Å². The van der Waals surface area contributed by atoms with E-state index in [2.05, 4.69) is 36.6 Å². The van der Waals surface area contributed by atoms with Gasteiger partial charge in [-0.25, -0.2) is 4.98 Å². The minimum atomic E-state index is -0.800. The minimum absolute atomic E-state index is 0.0925. The first kappa shape index (κ1) is 19.5. The smallest absolute Gasteiger partial charge is 0.269 e. The van der Waals surface area contributed by atoms with Gasteiger partial charge < -0.3 is 16.4 Å². The molecule has 4 N–H and O–H groups in total. The van der Waals surface area contributed by atoms with Crippen LogP contribution < -0.4 is 16.4 Å². The average molecular weight is 445 g/mol. The Morgan fingerprint density at radius 2 is 1.93 bits per heavy atom. The average Bonchev–Trinajstić information content (AvgIpc) is 3.00. The quantitative estimate of drug-likeness (QED) is 0.494. The van der Waals surface area contributed by atoms with E-state index in [0.29, 0.717) is 21.3 Å². The van der Waals surface area contributed by atoms with Gasteiger partial charge in [0.1, 0.15) is 23.0 Å². The number of hydrogen-bond acceptors (Lipinski definition) is 5. The maximum absolute atomic E-state index is 12.4. The van der Waals surface area contributed by atoms with E-state index in [1.165, 1.54) is 4.68 Å². The number of halogens is 1. The molecule has 3 amide bonds. The van der Waals surface area contributed by atoms with Gasteiger partial charge in [-0.05, 0) is 41.1 Å². The van der Waals surface area contributed by atoms with Gasteiger partial charge in [-0.3, -0.25) is 19.1 Å². The largest absolute Gasteiger partial charge is 0.364 e. The van der Waals surface area contributed by atoms with Crippen molar-refractivity contribution in [3.05, 3.63) is 52.8 Å². The van der Waals surface area contributed by atoms with Crippen molar-refractivity contribution in [2.45, 2.75) is 19.5 Å². The highest BCUT2D eigenvalue weighted by Crippen LogP contribution is 2.18. The number of carbonyl (C=O) groups is 3.